The van der Waals surface area contributed by atoms with Crippen molar-refractivity contribution >= 4 is 21.7 Å². The maximum Gasteiger partial charge on any atom is 0.214 e. The Labute approximate surface area is 49.3 Å². The molecule has 0 amide bonds. The zero-order valence-corrected chi connectivity index (χ0v) is 5.01. The Kier molecular flexibility index (Phi) is 1.15. The van der Waals surface area contributed by atoms with E-state index in [4.69, 9.17) is 0 Å². The Morgan fingerprint density at radius 2 is 2.57 bits per heavy atom. The number of carbonyl (C=O) groups is 1. The van der Waals surface area contributed by atoms with Gasteiger partial charge in [-0.05, 0) is 15.9 Å². The van der Waals surface area contributed by atoms with Crippen LogP contribution in [0.2, 0.25) is 0 Å². The Balaban J connectivity index is 2.62. The SMILES string of the molecule is O=C1C=CO[C@H]1Br. The van der Waals surface area contributed by atoms with Crippen molar-refractivity contribution in [3.63, 3.8) is 0 Å². The predicted octanol–water partition coefficient (Wildman–Crippen LogP) is 0.820. The van der Waals surface area contributed by atoms with Crippen LogP contribution in [0.3, 0.4) is 0 Å². The number of ketones is 1. The molecule has 2 nitrogen and oxygen atoms in total. The van der Waals surface area contributed by atoms with E-state index >= 15 is 0 Å². The smallest absolute Gasteiger partial charge is 0.214 e. The number of rotatable bonds is 0. The molecule has 0 saturated carbocycles. The summed E-state index contributed by atoms with van der Waals surface area (Å²) in [5.74, 6) is -0.0278. The van der Waals surface area contributed by atoms with Crippen LogP contribution in [0.25, 0.3) is 0 Å². The van der Waals surface area contributed by atoms with Crippen LogP contribution in [-0.2, 0) is 9.53 Å². The summed E-state index contributed by atoms with van der Waals surface area (Å²) in [5.41, 5.74) is 0. The number of halogens is 1. The lowest BCUT2D eigenvalue weighted by atomic mass is 10.5. The average molecular weight is 163 g/mol. The van der Waals surface area contributed by atoms with E-state index in [0.717, 1.165) is 0 Å². The lowest BCUT2D eigenvalue weighted by Crippen LogP contribution is -2.04. The Hall–Kier alpha value is -0.310. The minimum atomic E-state index is -0.424. The molecular formula is C4H3BrO2. The van der Waals surface area contributed by atoms with Crippen LogP contribution in [0.15, 0.2) is 12.3 Å². The summed E-state index contributed by atoms with van der Waals surface area (Å²) < 4.78 is 4.65. The standard InChI is InChI=1S/C4H3BrO2/c5-4-3(6)1-2-7-4/h1-2,4H/t4-/m1/s1. The predicted molar refractivity (Wildman–Crippen MR) is 27.9 cm³/mol. The molecule has 1 heterocycles. The van der Waals surface area contributed by atoms with E-state index in [1.165, 1.54) is 12.3 Å². The van der Waals surface area contributed by atoms with Gasteiger partial charge in [-0.1, -0.05) is 0 Å². The van der Waals surface area contributed by atoms with Crippen molar-refractivity contribution in [2.45, 2.75) is 5.01 Å². The van der Waals surface area contributed by atoms with Gasteiger partial charge in [0.2, 0.25) is 10.8 Å². The fourth-order valence-electron chi connectivity index (χ4n) is 0.318. The highest BCUT2D eigenvalue weighted by Gasteiger charge is 2.15. The minimum absolute atomic E-state index is 0.0278. The molecule has 38 valence electrons. The Bertz CT molecular complexity index is 119. The fraction of sp³-hybridized carbons (Fsp3) is 0.250. The van der Waals surface area contributed by atoms with Crippen LogP contribution in [-0.4, -0.2) is 10.8 Å². The molecule has 0 N–H and O–H groups in total. The monoisotopic (exact) mass is 162 g/mol. The molecule has 0 aromatic heterocycles. The molecule has 0 unspecified atom stereocenters. The normalized spacial score (nSPS) is 28.1. The van der Waals surface area contributed by atoms with Crippen LogP contribution in [0.1, 0.15) is 0 Å². The van der Waals surface area contributed by atoms with Crippen molar-refractivity contribution in [2.75, 3.05) is 0 Å². The van der Waals surface area contributed by atoms with Crippen molar-refractivity contribution in [3.8, 4) is 0 Å². The van der Waals surface area contributed by atoms with Gasteiger partial charge in [0, 0.05) is 6.08 Å². The minimum Gasteiger partial charge on any atom is -0.478 e. The zero-order valence-electron chi connectivity index (χ0n) is 3.43. The highest BCUT2D eigenvalue weighted by Crippen LogP contribution is 2.09. The second kappa shape index (κ2) is 1.66. The van der Waals surface area contributed by atoms with Crippen molar-refractivity contribution in [1.82, 2.24) is 0 Å². The molecular weight excluding hydrogens is 160 g/mol. The third-order valence-electron chi connectivity index (χ3n) is 0.654. The van der Waals surface area contributed by atoms with Gasteiger partial charge >= 0.3 is 0 Å². The molecule has 1 rings (SSSR count). The Morgan fingerprint density at radius 1 is 1.86 bits per heavy atom. The molecule has 1 atom stereocenters. The summed E-state index contributed by atoms with van der Waals surface area (Å²) in [7, 11) is 0. The molecule has 0 bridgehead atoms. The van der Waals surface area contributed by atoms with Gasteiger partial charge in [-0.15, -0.1) is 0 Å². The first-order valence-corrected chi connectivity index (χ1v) is 2.72. The van der Waals surface area contributed by atoms with E-state index in [0.29, 0.717) is 0 Å². The van der Waals surface area contributed by atoms with Crippen molar-refractivity contribution < 1.29 is 9.53 Å². The molecule has 0 fully saturated rings. The molecule has 0 spiro atoms. The highest BCUT2D eigenvalue weighted by molar-refractivity contribution is 9.09. The van der Waals surface area contributed by atoms with Gasteiger partial charge in [-0.3, -0.25) is 4.79 Å². The van der Waals surface area contributed by atoms with E-state index < -0.39 is 5.01 Å². The largest absolute Gasteiger partial charge is 0.478 e. The highest BCUT2D eigenvalue weighted by atomic mass is 79.9. The molecule has 7 heavy (non-hydrogen) atoms. The zero-order chi connectivity index (χ0) is 5.28. The molecule has 0 radical (unpaired) electrons. The maximum absolute atomic E-state index is 10.3. The number of carbonyl (C=O) groups excluding carboxylic acids is 1. The van der Waals surface area contributed by atoms with Crippen molar-refractivity contribution in [1.29, 1.82) is 0 Å². The molecule has 0 aromatic rings. The van der Waals surface area contributed by atoms with E-state index in [1.54, 1.807) is 0 Å². The molecule has 1 aliphatic rings. The molecule has 0 aromatic carbocycles. The summed E-state index contributed by atoms with van der Waals surface area (Å²) in [6.45, 7) is 0. The topological polar surface area (TPSA) is 26.3 Å². The quantitative estimate of drug-likeness (QED) is 0.494. The molecule has 3 heteroatoms. The second-order valence-corrected chi connectivity index (χ2v) is 1.99. The molecule has 0 saturated heterocycles. The number of ether oxygens (including phenoxy) is 1. The van der Waals surface area contributed by atoms with Crippen molar-refractivity contribution in [3.05, 3.63) is 12.3 Å². The van der Waals surface area contributed by atoms with E-state index in [1.807, 2.05) is 0 Å². The van der Waals surface area contributed by atoms with E-state index in [9.17, 15) is 4.79 Å². The summed E-state index contributed by atoms with van der Waals surface area (Å²) in [5, 5.41) is -0.424. The lowest BCUT2D eigenvalue weighted by molar-refractivity contribution is -0.116. The van der Waals surface area contributed by atoms with Crippen LogP contribution >= 0.6 is 15.9 Å². The van der Waals surface area contributed by atoms with Gasteiger partial charge in [0.1, 0.15) is 0 Å². The first kappa shape index (κ1) is 4.84. The van der Waals surface area contributed by atoms with Crippen LogP contribution in [0, 0.1) is 0 Å². The van der Waals surface area contributed by atoms with Gasteiger partial charge in [-0.25, -0.2) is 0 Å². The van der Waals surface area contributed by atoms with E-state index in [2.05, 4.69) is 20.7 Å². The third-order valence-corrected chi connectivity index (χ3v) is 1.32. The first-order valence-electron chi connectivity index (χ1n) is 1.80. The average Bonchev–Trinajstić information content (AvgIpc) is 1.91. The summed E-state index contributed by atoms with van der Waals surface area (Å²) in [6, 6.07) is 0. The molecule has 1 aliphatic heterocycles. The van der Waals surface area contributed by atoms with Gasteiger partial charge in [-0.2, -0.15) is 0 Å². The van der Waals surface area contributed by atoms with Gasteiger partial charge in [0.05, 0.1) is 6.26 Å². The second-order valence-electron chi connectivity index (χ2n) is 1.16. The Morgan fingerprint density at radius 3 is 2.71 bits per heavy atom. The summed E-state index contributed by atoms with van der Waals surface area (Å²) >= 11 is 2.97. The van der Waals surface area contributed by atoms with Gasteiger partial charge < -0.3 is 4.74 Å². The third kappa shape index (κ3) is 0.825. The number of hydrogen-bond acceptors (Lipinski definition) is 2. The van der Waals surface area contributed by atoms with Gasteiger partial charge in [0.15, 0.2) is 0 Å². The lowest BCUT2D eigenvalue weighted by Gasteiger charge is -1.93. The van der Waals surface area contributed by atoms with Gasteiger partial charge in [0.25, 0.3) is 0 Å². The van der Waals surface area contributed by atoms with Crippen LogP contribution in [0.5, 0.6) is 0 Å². The van der Waals surface area contributed by atoms with E-state index in [-0.39, 0.29) is 5.78 Å². The number of hydrogen-bond donors (Lipinski definition) is 0. The maximum atomic E-state index is 10.3. The van der Waals surface area contributed by atoms with Crippen molar-refractivity contribution in [2.24, 2.45) is 0 Å². The summed E-state index contributed by atoms with van der Waals surface area (Å²) in [4.78, 5) is 10.3. The first-order chi connectivity index (χ1) is 3.30. The summed E-state index contributed by atoms with van der Waals surface area (Å²) in [6.07, 6.45) is 2.77. The fourth-order valence-corrected chi connectivity index (χ4v) is 0.595. The molecule has 0 aliphatic carbocycles. The number of alkyl halides is 1. The van der Waals surface area contributed by atoms with Crippen LogP contribution < -0.4 is 0 Å². The van der Waals surface area contributed by atoms with Crippen LogP contribution in [0.4, 0.5) is 0 Å².